The van der Waals surface area contributed by atoms with Crippen LogP contribution in [0.2, 0.25) is 0 Å². The van der Waals surface area contributed by atoms with Crippen LogP contribution in [-0.2, 0) is 0 Å². The average molecular weight is 552 g/mol. The average Bonchev–Trinajstić information content (AvgIpc) is 3.39. The van der Waals surface area contributed by atoms with E-state index in [0.29, 0.717) is 36.3 Å². The Morgan fingerprint density at radius 3 is 2.33 bits per heavy atom. The van der Waals surface area contributed by atoms with Gasteiger partial charge in [0.25, 0.3) is 17.7 Å². The number of carbonyl (C=O) groups excluding carboxylic acids is 3. The molecule has 3 amide bonds. The van der Waals surface area contributed by atoms with Crippen molar-refractivity contribution in [3.63, 3.8) is 0 Å². The van der Waals surface area contributed by atoms with Gasteiger partial charge in [0.05, 0.1) is 5.56 Å². The van der Waals surface area contributed by atoms with Crippen molar-refractivity contribution >= 4 is 23.4 Å². The van der Waals surface area contributed by atoms with Crippen molar-refractivity contribution < 1.29 is 32.3 Å². The molecule has 0 aromatic heterocycles. The molecule has 1 saturated carbocycles. The van der Waals surface area contributed by atoms with Gasteiger partial charge >= 0.3 is 6.61 Å². The van der Waals surface area contributed by atoms with E-state index in [0.717, 1.165) is 31.0 Å². The van der Waals surface area contributed by atoms with E-state index in [-0.39, 0.29) is 41.0 Å². The molecule has 2 aliphatic rings. The number of fused-ring (bicyclic) bond motifs is 1. The van der Waals surface area contributed by atoms with Crippen LogP contribution in [0.4, 0.5) is 18.9 Å². The predicted molar refractivity (Wildman–Crippen MR) is 142 cm³/mol. The summed E-state index contributed by atoms with van der Waals surface area (Å²) in [7, 11) is 0. The smallest absolute Gasteiger partial charge is 0.387 e. The summed E-state index contributed by atoms with van der Waals surface area (Å²) in [5.41, 5.74) is 1.34. The van der Waals surface area contributed by atoms with Gasteiger partial charge < -0.3 is 20.3 Å². The highest BCUT2D eigenvalue weighted by Crippen LogP contribution is 2.37. The first-order valence-electron chi connectivity index (χ1n) is 13.1. The Kier molecular flexibility index (Phi) is 8.04. The zero-order chi connectivity index (χ0) is 28.2. The quantitative estimate of drug-likeness (QED) is 0.415. The van der Waals surface area contributed by atoms with Crippen molar-refractivity contribution in [2.45, 2.75) is 31.9 Å². The molecule has 3 aromatic rings. The van der Waals surface area contributed by atoms with Gasteiger partial charge in [-0.15, -0.1) is 0 Å². The number of hydrogen-bond donors (Lipinski definition) is 2. The van der Waals surface area contributed by atoms with Crippen LogP contribution in [0.1, 0.15) is 50.3 Å². The molecule has 0 unspecified atom stereocenters. The Balaban J connectivity index is 1.20. The minimum Gasteiger partial charge on any atom is -0.435 e. The van der Waals surface area contributed by atoms with E-state index in [1.807, 2.05) is 6.07 Å². The van der Waals surface area contributed by atoms with E-state index in [9.17, 15) is 27.6 Å². The van der Waals surface area contributed by atoms with Crippen molar-refractivity contribution in [1.82, 2.24) is 10.2 Å². The van der Waals surface area contributed by atoms with Crippen LogP contribution in [0, 0.1) is 17.7 Å². The first-order valence-corrected chi connectivity index (χ1v) is 13.1. The maximum atomic E-state index is 14.5. The molecule has 1 heterocycles. The highest BCUT2D eigenvalue weighted by molar-refractivity contribution is 6.04. The number of rotatable bonds is 7. The lowest BCUT2D eigenvalue weighted by Crippen LogP contribution is -2.45. The molecular formula is C30H28F3N3O4. The summed E-state index contributed by atoms with van der Waals surface area (Å²) >= 11 is 0. The highest BCUT2D eigenvalue weighted by atomic mass is 19.3. The fourth-order valence-electron chi connectivity index (χ4n) is 5.59. The zero-order valence-corrected chi connectivity index (χ0v) is 21.5. The fraction of sp³-hybridized carbons (Fsp3) is 0.300. The van der Waals surface area contributed by atoms with Gasteiger partial charge in [0.1, 0.15) is 11.6 Å². The summed E-state index contributed by atoms with van der Waals surface area (Å²) in [5, 5.41) is 5.72. The molecule has 10 heteroatoms. The molecule has 1 aliphatic heterocycles. The van der Waals surface area contributed by atoms with Crippen LogP contribution in [0.5, 0.6) is 5.75 Å². The van der Waals surface area contributed by atoms with Crippen molar-refractivity contribution in [1.29, 1.82) is 0 Å². The van der Waals surface area contributed by atoms with Gasteiger partial charge in [0.15, 0.2) is 0 Å². The van der Waals surface area contributed by atoms with Crippen LogP contribution < -0.4 is 15.4 Å². The van der Waals surface area contributed by atoms with Gasteiger partial charge in [0, 0.05) is 47.9 Å². The van der Waals surface area contributed by atoms with Gasteiger partial charge in [-0.2, -0.15) is 8.78 Å². The van der Waals surface area contributed by atoms with Crippen molar-refractivity contribution in [3.05, 3.63) is 95.3 Å². The van der Waals surface area contributed by atoms with Crippen molar-refractivity contribution in [2.75, 3.05) is 18.4 Å². The minimum absolute atomic E-state index is 0.00980. The molecule has 40 heavy (non-hydrogen) atoms. The maximum absolute atomic E-state index is 14.5. The largest absolute Gasteiger partial charge is 0.435 e. The third kappa shape index (κ3) is 6.11. The number of amides is 3. The summed E-state index contributed by atoms with van der Waals surface area (Å²) in [5.74, 6) is -2.12. The molecule has 2 fully saturated rings. The summed E-state index contributed by atoms with van der Waals surface area (Å²) in [6.45, 7) is -2.09. The zero-order valence-electron chi connectivity index (χ0n) is 21.5. The number of benzene rings is 3. The molecule has 5 rings (SSSR count). The van der Waals surface area contributed by atoms with Crippen LogP contribution in [0.3, 0.4) is 0 Å². The number of anilines is 1. The Bertz CT molecular complexity index is 1380. The van der Waals surface area contributed by atoms with Crippen LogP contribution in [0.25, 0.3) is 0 Å². The molecule has 0 radical (unpaired) electrons. The van der Waals surface area contributed by atoms with Crippen LogP contribution in [0.15, 0.2) is 72.8 Å². The Hall–Kier alpha value is -4.34. The minimum atomic E-state index is -3.09. The van der Waals surface area contributed by atoms with Crippen LogP contribution in [-0.4, -0.2) is 48.4 Å². The van der Waals surface area contributed by atoms with E-state index in [1.165, 1.54) is 0 Å². The summed E-state index contributed by atoms with van der Waals surface area (Å²) in [6.07, 6.45) is 2.46. The summed E-state index contributed by atoms with van der Waals surface area (Å²) in [6, 6.07) is 18.3. The standard InChI is InChI=1S/C30H28F3N3O4/c31-25-15-22(40-30(32)33)13-14-23(25)28(38)35-26-8-4-7-20-16-36(17-24(20)26)29(39)19-9-11-21(12-10-19)34-27(37)18-5-2-1-3-6-18/h1-3,5-6,9-15,20,24,26,30H,4,7-8,16-17H2,(H,34,37)(H,35,38)/t20-,24+,26-/m1/s1. The first kappa shape index (κ1) is 27.2. The fourth-order valence-corrected chi connectivity index (χ4v) is 5.59. The third-order valence-electron chi connectivity index (χ3n) is 7.54. The lowest BCUT2D eigenvalue weighted by Gasteiger charge is -2.33. The molecular weight excluding hydrogens is 523 g/mol. The molecule has 2 N–H and O–H groups in total. The summed E-state index contributed by atoms with van der Waals surface area (Å²) < 4.78 is 43.4. The number of carbonyl (C=O) groups is 3. The van der Waals surface area contributed by atoms with Gasteiger partial charge in [0.2, 0.25) is 0 Å². The third-order valence-corrected chi connectivity index (χ3v) is 7.54. The molecule has 1 saturated heterocycles. The van der Waals surface area contributed by atoms with Crippen molar-refractivity contribution in [2.24, 2.45) is 11.8 Å². The Morgan fingerprint density at radius 1 is 0.875 bits per heavy atom. The number of nitrogens with one attached hydrogen (secondary N) is 2. The van der Waals surface area contributed by atoms with E-state index in [2.05, 4.69) is 15.4 Å². The molecule has 0 spiro atoms. The van der Waals surface area contributed by atoms with Gasteiger partial charge in [-0.3, -0.25) is 14.4 Å². The molecule has 7 nitrogen and oxygen atoms in total. The van der Waals surface area contributed by atoms with E-state index in [1.54, 1.807) is 53.4 Å². The van der Waals surface area contributed by atoms with E-state index in [4.69, 9.17) is 0 Å². The number of ether oxygens (including phenoxy) is 1. The van der Waals surface area contributed by atoms with E-state index >= 15 is 0 Å². The topological polar surface area (TPSA) is 87.7 Å². The Labute approximate surface area is 229 Å². The normalized spacial score (nSPS) is 20.1. The SMILES string of the molecule is O=C(Nc1ccc(C(=O)N2C[C@H]3CCC[C@@H](NC(=O)c4ccc(OC(F)F)cc4F)[C@H]3C2)cc1)c1ccccc1. The van der Waals surface area contributed by atoms with Crippen molar-refractivity contribution in [3.8, 4) is 5.75 Å². The van der Waals surface area contributed by atoms with E-state index < -0.39 is 18.3 Å². The molecule has 3 atom stereocenters. The second-order valence-corrected chi connectivity index (χ2v) is 10.1. The van der Waals surface area contributed by atoms with Gasteiger partial charge in [-0.1, -0.05) is 24.6 Å². The number of nitrogens with zero attached hydrogens (tertiary/aromatic N) is 1. The predicted octanol–water partition coefficient (Wildman–Crippen LogP) is 5.35. The lowest BCUT2D eigenvalue weighted by molar-refractivity contribution is -0.0500. The number of hydrogen-bond acceptors (Lipinski definition) is 4. The van der Waals surface area contributed by atoms with Gasteiger partial charge in [-0.25, -0.2) is 4.39 Å². The van der Waals surface area contributed by atoms with Gasteiger partial charge in [-0.05, 0) is 67.3 Å². The Morgan fingerprint density at radius 2 is 1.62 bits per heavy atom. The maximum Gasteiger partial charge on any atom is 0.387 e. The first-order chi connectivity index (χ1) is 19.3. The molecule has 0 bridgehead atoms. The number of halogens is 3. The van der Waals surface area contributed by atoms with Crippen LogP contribution >= 0.6 is 0 Å². The number of alkyl halides is 2. The molecule has 1 aliphatic carbocycles. The second-order valence-electron chi connectivity index (χ2n) is 10.1. The highest BCUT2D eigenvalue weighted by Gasteiger charge is 2.42. The summed E-state index contributed by atoms with van der Waals surface area (Å²) in [4.78, 5) is 40.3. The molecule has 3 aromatic carbocycles. The number of likely N-dealkylation sites (tertiary alicyclic amines) is 1. The second kappa shape index (κ2) is 11.8. The monoisotopic (exact) mass is 551 g/mol. The lowest BCUT2D eigenvalue weighted by atomic mass is 9.78. The molecule has 208 valence electrons.